The standard InChI is InChI=1S/C22H21FN4O2/c1-4-26-18-11-10-14(23)12-16(18)20-17(13-19(28)25(2)3)24-27(22(29)21(20)26)15-8-6-5-7-9-15/h5-12H,4,13H2,1-3H3. The van der Waals surface area contributed by atoms with Crippen molar-refractivity contribution in [2.24, 2.45) is 0 Å². The number of carbonyl (C=O) groups is 1. The summed E-state index contributed by atoms with van der Waals surface area (Å²) in [5.41, 5.74) is 1.92. The molecule has 0 bridgehead atoms. The number of fused-ring (bicyclic) bond motifs is 3. The molecule has 0 N–H and O–H groups in total. The zero-order valence-corrected chi connectivity index (χ0v) is 16.5. The number of rotatable bonds is 4. The number of aryl methyl sites for hydroxylation is 1. The SMILES string of the molecule is CCn1c2ccc(F)cc2c2c(CC(=O)N(C)C)nn(-c3ccccc3)c(=O)c21. The van der Waals surface area contributed by atoms with Crippen LogP contribution in [0.5, 0.6) is 0 Å². The van der Waals surface area contributed by atoms with E-state index in [1.807, 2.05) is 29.7 Å². The van der Waals surface area contributed by atoms with E-state index in [0.717, 1.165) is 5.52 Å². The van der Waals surface area contributed by atoms with Crippen LogP contribution in [-0.2, 0) is 17.8 Å². The number of benzene rings is 2. The monoisotopic (exact) mass is 392 g/mol. The minimum atomic E-state index is -0.398. The highest BCUT2D eigenvalue weighted by Gasteiger charge is 2.22. The number of likely N-dealkylation sites (N-methyl/N-ethyl adjacent to an activating group) is 1. The van der Waals surface area contributed by atoms with Gasteiger partial charge in [0.1, 0.15) is 11.3 Å². The van der Waals surface area contributed by atoms with Gasteiger partial charge >= 0.3 is 0 Å². The minimum absolute atomic E-state index is 0.00988. The van der Waals surface area contributed by atoms with Crippen LogP contribution in [0.15, 0.2) is 53.3 Å². The number of nitrogens with zero attached hydrogens (tertiary/aromatic N) is 4. The third kappa shape index (κ3) is 3.08. The topological polar surface area (TPSA) is 60.1 Å². The summed E-state index contributed by atoms with van der Waals surface area (Å²) in [6.07, 6.45) is 0.00988. The van der Waals surface area contributed by atoms with Crippen molar-refractivity contribution in [3.8, 4) is 5.69 Å². The van der Waals surface area contributed by atoms with Crippen molar-refractivity contribution < 1.29 is 9.18 Å². The zero-order chi connectivity index (χ0) is 20.7. The van der Waals surface area contributed by atoms with Gasteiger partial charge in [-0.2, -0.15) is 9.78 Å². The molecule has 0 fully saturated rings. The molecule has 0 radical (unpaired) electrons. The molecule has 2 aromatic carbocycles. The van der Waals surface area contributed by atoms with Gasteiger partial charge < -0.3 is 9.47 Å². The molecule has 0 unspecified atom stereocenters. The van der Waals surface area contributed by atoms with Crippen LogP contribution in [0.3, 0.4) is 0 Å². The maximum absolute atomic E-state index is 14.1. The molecule has 4 rings (SSSR count). The number of amides is 1. The van der Waals surface area contributed by atoms with E-state index in [-0.39, 0.29) is 17.9 Å². The Kier molecular flexibility index (Phi) is 4.66. The van der Waals surface area contributed by atoms with E-state index >= 15 is 0 Å². The average molecular weight is 392 g/mol. The first kappa shape index (κ1) is 18.9. The Morgan fingerprint density at radius 2 is 1.86 bits per heavy atom. The number of halogens is 1. The van der Waals surface area contributed by atoms with Gasteiger partial charge in [0.05, 0.1) is 17.8 Å². The van der Waals surface area contributed by atoms with Crippen LogP contribution in [0.4, 0.5) is 4.39 Å². The summed E-state index contributed by atoms with van der Waals surface area (Å²) in [6.45, 7) is 2.46. The second-order valence-corrected chi connectivity index (χ2v) is 7.09. The lowest BCUT2D eigenvalue weighted by Gasteiger charge is -2.13. The molecule has 4 aromatic rings. The van der Waals surface area contributed by atoms with Crippen LogP contribution < -0.4 is 5.56 Å². The summed E-state index contributed by atoms with van der Waals surface area (Å²) < 4.78 is 17.2. The van der Waals surface area contributed by atoms with Gasteiger partial charge in [-0.05, 0) is 37.3 Å². The second-order valence-electron chi connectivity index (χ2n) is 7.09. The molecule has 0 atom stereocenters. The first-order valence-electron chi connectivity index (χ1n) is 9.41. The Morgan fingerprint density at radius 3 is 2.52 bits per heavy atom. The molecule has 0 aliphatic rings. The summed E-state index contributed by atoms with van der Waals surface area (Å²) in [5.74, 6) is -0.546. The first-order valence-corrected chi connectivity index (χ1v) is 9.41. The minimum Gasteiger partial charge on any atom is -0.348 e. The van der Waals surface area contributed by atoms with E-state index in [1.54, 1.807) is 32.3 Å². The zero-order valence-electron chi connectivity index (χ0n) is 16.5. The van der Waals surface area contributed by atoms with Crippen molar-refractivity contribution in [2.45, 2.75) is 19.9 Å². The molecule has 2 aromatic heterocycles. The van der Waals surface area contributed by atoms with Gasteiger partial charge in [-0.1, -0.05) is 18.2 Å². The van der Waals surface area contributed by atoms with E-state index in [0.29, 0.717) is 34.2 Å². The highest BCUT2D eigenvalue weighted by Crippen LogP contribution is 2.30. The normalized spacial score (nSPS) is 11.3. The van der Waals surface area contributed by atoms with Crippen LogP contribution in [0, 0.1) is 5.82 Å². The van der Waals surface area contributed by atoms with Crippen molar-refractivity contribution in [3.63, 3.8) is 0 Å². The van der Waals surface area contributed by atoms with Gasteiger partial charge in [0.15, 0.2) is 0 Å². The highest BCUT2D eigenvalue weighted by atomic mass is 19.1. The Labute approximate surface area is 166 Å². The van der Waals surface area contributed by atoms with Gasteiger partial charge in [0.2, 0.25) is 5.91 Å². The summed E-state index contributed by atoms with van der Waals surface area (Å²) in [7, 11) is 3.34. The molecule has 148 valence electrons. The quantitative estimate of drug-likeness (QED) is 0.536. The van der Waals surface area contributed by atoms with Gasteiger partial charge in [-0.15, -0.1) is 0 Å². The molecule has 2 heterocycles. The fourth-order valence-electron chi connectivity index (χ4n) is 3.66. The molecule has 7 heteroatoms. The van der Waals surface area contributed by atoms with E-state index in [4.69, 9.17) is 0 Å². The van der Waals surface area contributed by atoms with Crippen LogP contribution in [0.25, 0.3) is 27.5 Å². The lowest BCUT2D eigenvalue weighted by Crippen LogP contribution is -2.28. The number of aromatic nitrogens is 3. The molecule has 29 heavy (non-hydrogen) atoms. The maximum Gasteiger partial charge on any atom is 0.296 e. The molecule has 6 nitrogen and oxygen atoms in total. The molecule has 0 saturated heterocycles. The second kappa shape index (κ2) is 7.16. The smallest absolute Gasteiger partial charge is 0.296 e. The third-order valence-corrected chi connectivity index (χ3v) is 5.06. The Balaban J connectivity index is 2.16. The first-order chi connectivity index (χ1) is 13.9. The highest BCUT2D eigenvalue weighted by molar-refractivity contribution is 6.09. The van der Waals surface area contributed by atoms with E-state index < -0.39 is 5.82 Å². The van der Waals surface area contributed by atoms with Crippen LogP contribution in [0.1, 0.15) is 12.6 Å². The fraction of sp³-hybridized carbons (Fsp3) is 0.227. The van der Waals surface area contributed by atoms with E-state index in [2.05, 4.69) is 5.10 Å². The van der Waals surface area contributed by atoms with Crippen LogP contribution in [-0.4, -0.2) is 39.3 Å². The molecular weight excluding hydrogens is 371 g/mol. The van der Waals surface area contributed by atoms with E-state index in [9.17, 15) is 14.0 Å². The van der Waals surface area contributed by atoms with Crippen molar-refractivity contribution >= 4 is 27.7 Å². The Morgan fingerprint density at radius 1 is 1.14 bits per heavy atom. The number of hydrogen-bond donors (Lipinski definition) is 0. The third-order valence-electron chi connectivity index (χ3n) is 5.06. The van der Waals surface area contributed by atoms with Crippen molar-refractivity contribution in [1.82, 2.24) is 19.2 Å². The molecule has 0 aliphatic carbocycles. The Bertz CT molecular complexity index is 1290. The predicted octanol–water partition coefficient (Wildman–Crippen LogP) is 3.13. The number of carbonyl (C=O) groups excluding carboxylic acids is 1. The largest absolute Gasteiger partial charge is 0.348 e. The molecule has 0 saturated carbocycles. The Hall–Kier alpha value is -3.48. The molecular formula is C22H21FN4O2. The predicted molar refractivity (Wildman–Crippen MR) is 111 cm³/mol. The van der Waals surface area contributed by atoms with Gasteiger partial charge in [-0.25, -0.2) is 4.39 Å². The van der Waals surface area contributed by atoms with Crippen molar-refractivity contribution in [3.05, 3.63) is 70.4 Å². The van der Waals surface area contributed by atoms with Gasteiger partial charge in [-0.3, -0.25) is 9.59 Å². The number of hydrogen-bond acceptors (Lipinski definition) is 3. The summed E-state index contributed by atoms with van der Waals surface area (Å²) >= 11 is 0. The van der Waals surface area contributed by atoms with E-state index in [1.165, 1.54) is 21.7 Å². The average Bonchev–Trinajstić information content (AvgIpc) is 3.04. The van der Waals surface area contributed by atoms with Gasteiger partial charge in [0.25, 0.3) is 5.56 Å². The lowest BCUT2D eigenvalue weighted by molar-refractivity contribution is -0.128. The fourth-order valence-corrected chi connectivity index (χ4v) is 3.66. The lowest BCUT2D eigenvalue weighted by atomic mass is 10.1. The molecule has 0 spiro atoms. The van der Waals surface area contributed by atoms with Crippen LogP contribution >= 0.6 is 0 Å². The maximum atomic E-state index is 14.1. The van der Waals surface area contributed by atoms with Gasteiger partial charge in [0, 0.05) is 36.9 Å². The summed E-state index contributed by atoms with van der Waals surface area (Å²) in [5, 5.41) is 5.67. The summed E-state index contributed by atoms with van der Waals surface area (Å²) in [4.78, 5) is 27.4. The van der Waals surface area contributed by atoms with Crippen molar-refractivity contribution in [1.29, 1.82) is 0 Å². The van der Waals surface area contributed by atoms with Crippen molar-refractivity contribution in [2.75, 3.05) is 14.1 Å². The molecule has 0 aliphatic heterocycles. The van der Waals surface area contributed by atoms with Crippen LogP contribution in [0.2, 0.25) is 0 Å². The molecule has 1 amide bonds. The number of para-hydroxylation sites is 1. The summed E-state index contributed by atoms with van der Waals surface area (Å²) in [6, 6.07) is 13.5.